The molecule has 8 aliphatic carbocycles. The van der Waals surface area contributed by atoms with Crippen LogP contribution in [0.2, 0.25) is 0 Å². The van der Waals surface area contributed by atoms with Gasteiger partial charge < -0.3 is 88.0 Å². The number of esters is 7. The molecule has 30 nitrogen and oxygen atoms in total. The largest absolute Gasteiger partial charge is 0.467 e. The second-order valence-corrected chi connectivity index (χ2v) is 39.3. The van der Waals surface area contributed by atoms with Crippen molar-refractivity contribution >= 4 is 76.4 Å². The third kappa shape index (κ3) is 17.8. The molecule has 0 spiro atoms. The smallest absolute Gasteiger partial charge is 0.408 e. The second-order valence-electron chi connectivity index (χ2n) is 38.3. The molecule has 126 heavy (non-hydrogen) atoms. The maximum Gasteiger partial charge on any atom is 0.408 e. The molecule has 2 heterocycles. The van der Waals surface area contributed by atoms with Crippen LogP contribution in [0.3, 0.4) is 0 Å². The van der Waals surface area contributed by atoms with Crippen LogP contribution in [0, 0.1) is 57.2 Å². The Hall–Kier alpha value is -9.18. The summed E-state index contributed by atoms with van der Waals surface area (Å²) in [4.78, 5) is 157. The van der Waals surface area contributed by atoms with Crippen molar-refractivity contribution in [3.8, 4) is 0 Å². The number of nitrogens with zero attached hydrogens (tertiary/aromatic N) is 1. The Bertz CT molecular complexity index is 4790. The van der Waals surface area contributed by atoms with E-state index in [1.807, 2.05) is 34.6 Å². The molecule has 22 atom stereocenters. The highest BCUT2D eigenvalue weighted by atomic mass is 32.2. The SMILES string of the molecule is CC(=O)O[C@H]1C(=O)[C@@]2(C)[C@H]([C@H](OC(=O)c3ccccc3)[C@]3(O)C[C@H](OC(=O)[C@H](O)[C@@H](NC(=O)SCC(C)C)c4ccco4)C(C)=C1C3(C)C)[C@]1(OC(C)=O)CC[C@@H]1C[C@@H]2O.CO[C@H]1C[C@H]2CC[C@@]2(OC(C)=O)[C@H]2[C@H](OC(=O)c3ccccc3)[C@]3(O)C[C@H](OC(=O)[C@H](O)[C@@H](NC(=O)OC(C)(C)C)c4ccccc4)C(C)=C([C@@H](CCN4CCOCC4)C(=O)[C@]12C)C3(C)C. The molecule has 4 bridgehead atoms. The van der Waals surface area contributed by atoms with E-state index in [-0.39, 0.29) is 64.9 Å². The molecule has 3 aromatic carbocycles. The monoisotopic (exact) mass is 1770 g/mol. The number of ether oxygens (including phenoxy) is 10. The standard InChI is InChI=1S/C51H68N2O13.C44H55NO14S/c1-30-36(63-45(58)40(55)39(32-16-12-10-13-17-32)52-46(59)66-47(3,4)5)29-51(60)43(64-44(57)33-18-14-11-15-19-33)41-49(8,37(61-9)28-34-20-22-50(34,41)65-31(2)54)42(56)35(38(30)48(51,6)7)21-23-53-24-26-62-27-25-53;1-22(2)21-60-40(53)45-32(28-15-12-18-55-28)33(49)39(52)57-29-20-44(54)37(58-38(51)26-13-10-9-11-14-26)35-42(8,30(48)19-27-16-17-43(27,35)59-25(5)47)36(50)34(56-24(4)46)31(23(29)3)41(44,6)7/h10-19,34-37,39-41,43,55,60H,20-29H2,1-9H3,(H,52,59);9-15,18,22,27,29-30,32-35,37,48-49,54H,16-17,19-21H2,1-8H3,(H,45,53)/t34-,35-,36+,37+,39+,40-,41+,43+,49-,50+,51-;27-,29+,30+,32+,33-,34-,35+,37+,42-,43+,44-/m11/s1. The van der Waals surface area contributed by atoms with Gasteiger partial charge >= 0.3 is 47.9 Å². The molecule has 7 fully saturated rings. The molecule has 1 aromatic heterocycles. The number of rotatable bonds is 23. The van der Waals surface area contributed by atoms with Crippen molar-refractivity contribution in [1.82, 2.24) is 15.5 Å². The number of benzene rings is 3. The fourth-order valence-corrected chi connectivity index (χ4v) is 22.9. The predicted octanol–water partition coefficient (Wildman–Crippen LogP) is 10.9. The lowest BCUT2D eigenvalue weighted by atomic mass is 9.40. The van der Waals surface area contributed by atoms with Gasteiger partial charge in [0.15, 0.2) is 24.1 Å². The lowest BCUT2D eigenvalue weighted by Gasteiger charge is -2.68. The quantitative estimate of drug-likeness (QED) is 0.0206. The number of aliphatic hydroxyl groups is 5. The van der Waals surface area contributed by atoms with Crippen molar-refractivity contribution in [2.45, 2.75) is 264 Å². The summed E-state index contributed by atoms with van der Waals surface area (Å²) in [5.41, 5.74) is -12.8. The molecule has 1 saturated heterocycles. The van der Waals surface area contributed by atoms with Crippen molar-refractivity contribution in [2.24, 2.45) is 57.2 Å². The van der Waals surface area contributed by atoms with Gasteiger partial charge in [-0.3, -0.25) is 33.7 Å². The zero-order chi connectivity index (χ0) is 92.1. The van der Waals surface area contributed by atoms with Gasteiger partial charge in [0.05, 0.1) is 71.5 Å². The summed E-state index contributed by atoms with van der Waals surface area (Å²) in [5.74, 6) is -10.8. The summed E-state index contributed by atoms with van der Waals surface area (Å²) in [6.07, 6.45) is -12.1. The first-order valence-corrected chi connectivity index (χ1v) is 44.5. The molecule has 1 aliphatic heterocycles. The van der Waals surface area contributed by atoms with Gasteiger partial charge in [0.25, 0.3) is 5.24 Å². The van der Waals surface area contributed by atoms with E-state index in [2.05, 4.69) is 15.5 Å². The van der Waals surface area contributed by atoms with Crippen LogP contribution in [0.5, 0.6) is 0 Å². The molecule has 4 aromatic rings. The fraction of sp³-hybridized carbons (Fsp3) is 0.611. The van der Waals surface area contributed by atoms with Crippen LogP contribution in [0.4, 0.5) is 9.59 Å². The minimum absolute atomic E-state index is 0.0134. The van der Waals surface area contributed by atoms with E-state index in [0.29, 0.717) is 87.4 Å². The van der Waals surface area contributed by atoms with Gasteiger partial charge in [0, 0.05) is 88.1 Å². The Kier molecular flexibility index (Phi) is 28.3. The van der Waals surface area contributed by atoms with Crippen LogP contribution in [0.25, 0.3) is 0 Å². The Morgan fingerprint density at radius 1 is 0.603 bits per heavy atom. The first-order valence-electron chi connectivity index (χ1n) is 43.5. The number of methoxy groups -OCH3 is 1. The highest BCUT2D eigenvalue weighted by Gasteiger charge is 2.80. The minimum Gasteiger partial charge on any atom is -0.467 e. The molecule has 2 amide bonds. The van der Waals surface area contributed by atoms with Gasteiger partial charge in [-0.15, -0.1) is 0 Å². The van der Waals surface area contributed by atoms with E-state index in [0.717, 1.165) is 18.7 Å². The number of carbonyl (C=O) groups is 11. The van der Waals surface area contributed by atoms with E-state index in [1.54, 1.807) is 128 Å². The Morgan fingerprint density at radius 3 is 1.55 bits per heavy atom. The van der Waals surface area contributed by atoms with Gasteiger partial charge in [-0.1, -0.05) is 120 Å². The normalized spacial score (nSPS) is 32.8. The number of carbonyl (C=O) groups excluding carboxylic acids is 11. The van der Waals surface area contributed by atoms with E-state index in [9.17, 15) is 68.7 Å². The molecule has 31 heteroatoms. The second kappa shape index (κ2) is 37.1. The van der Waals surface area contributed by atoms with E-state index in [4.69, 9.17) is 51.8 Å². The van der Waals surface area contributed by atoms with Crippen LogP contribution in [-0.4, -0.2) is 224 Å². The molecular formula is C95H123N3O27S. The fourth-order valence-electron chi connectivity index (χ4n) is 22.2. The number of ketones is 2. The van der Waals surface area contributed by atoms with Crippen molar-refractivity contribution in [2.75, 3.05) is 45.7 Å². The van der Waals surface area contributed by atoms with Crippen molar-refractivity contribution in [1.29, 1.82) is 0 Å². The maximum absolute atomic E-state index is 16.3. The van der Waals surface area contributed by atoms with Gasteiger partial charge in [0.2, 0.25) is 0 Å². The van der Waals surface area contributed by atoms with Crippen LogP contribution in [0.15, 0.2) is 136 Å². The molecule has 0 unspecified atom stereocenters. The lowest BCUT2D eigenvalue weighted by Crippen LogP contribution is -2.78. The minimum atomic E-state index is -2.33. The number of alkyl carbamates (subject to hydrolysis) is 1. The summed E-state index contributed by atoms with van der Waals surface area (Å²) in [7, 11) is 1.55. The average Bonchev–Trinajstić information content (AvgIpc) is 0.716. The number of aliphatic hydroxyl groups excluding tert-OH is 3. The number of amides is 2. The molecule has 13 rings (SSSR count). The Morgan fingerprint density at radius 2 is 1.09 bits per heavy atom. The number of hydrogen-bond donors (Lipinski definition) is 7. The van der Waals surface area contributed by atoms with Crippen molar-refractivity contribution in [3.63, 3.8) is 0 Å². The zero-order valence-corrected chi connectivity index (χ0v) is 75.7. The maximum atomic E-state index is 16.3. The van der Waals surface area contributed by atoms with Crippen LogP contribution < -0.4 is 10.6 Å². The number of fused-ring (bicyclic) bond motifs is 10. The highest BCUT2D eigenvalue weighted by Crippen LogP contribution is 2.71. The molecule has 6 saturated carbocycles. The van der Waals surface area contributed by atoms with Gasteiger partial charge in [-0.25, -0.2) is 24.0 Å². The van der Waals surface area contributed by atoms with Crippen LogP contribution in [-0.2, 0) is 80.9 Å². The average molecular weight is 1770 g/mol. The van der Waals surface area contributed by atoms with Crippen LogP contribution in [0.1, 0.15) is 213 Å². The highest BCUT2D eigenvalue weighted by molar-refractivity contribution is 8.13. The third-order valence-corrected chi connectivity index (χ3v) is 29.9. The third-order valence-electron chi connectivity index (χ3n) is 28.6. The Labute approximate surface area is 738 Å². The number of thioether (sulfide) groups is 1. The summed E-state index contributed by atoms with van der Waals surface area (Å²) in [5, 5.41) is 68.0. The predicted molar refractivity (Wildman–Crippen MR) is 456 cm³/mol. The number of furan rings is 1. The topological polar surface area (TPSA) is 422 Å². The number of nitrogens with one attached hydrogen (secondary N) is 2. The number of hydrogen-bond acceptors (Lipinski definition) is 29. The zero-order valence-electron chi connectivity index (χ0n) is 74.9. The first-order chi connectivity index (χ1) is 59.2. The van der Waals surface area contributed by atoms with Crippen molar-refractivity contribution < 1.29 is 130 Å². The van der Waals surface area contributed by atoms with Gasteiger partial charge in [-0.2, -0.15) is 0 Å². The van der Waals surface area contributed by atoms with Gasteiger partial charge in [0.1, 0.15) is 70.0 Å². The lowest BCUT2D eigenvalue weighted by molar-refractivity contribution is -0.297. The Balaban J connectivity index is 0.000000230. The van der Waals surface area contributed by atoms with E-state index in [1.165, 1.54) is 58.2 Å². The van der Waals surface area contributed by atoms with E-state index >= 15 is 9.59 Å². The number of morpholine rings is 1. The van der Waals surface area contributed by atoms with Crippen LogP contribution >= 0.6 is 11.8 Å². The summed E-state index contributed by atoms with van der Waals surface area (Å²) in [6, 6.07) is 25.0. The van der Waals surface area contributed by atoms with E-state index < -0.39 is 206 Å². The molecular weight excluding hydrogens is 1650 g/mol. The molecule has 9 aliphatic rings. The molecule has 686 valence electrons. The summed E-state index contributed by atoms with van der Waals surface area (Å²) in [6.45, 7) is 28.8. The summed E-state index contributed by atoms with van der Waals surface area (Å²) >= 11 is 0.956. The van der Waals surface area contributed by atoms with Gasteiger partial charge in [-0.05, 0) is 170 Å². The molecule has 7 N–H and O–H groups in total. The summed E-state index contributed by atoms with van der Waals surface area (Å²) < 4.78 is 66.9. The first kappa shape index (κ1) is 95.9. The van der Waals surface area contributed by atoms with Crippen molar-refractivity contribution in [3.05, 3.63) is 154 Å². The molecule has 0 radical (unpaired) electrons. The number of Topliss-reactive ketones (excluding diaryl/α,β-unsaturated/α-hetero) is 2.